The third-order valence-corrected chi connectivity index (χ3v) is 5.99. The van der Waals surface area contributed by atoms with Crippen molar-refractivity contribution in [3.8, 4) is 0 Å². The molecule has 0 N–H and O–H groups in total. The summed E-state index contributed by atoms with van der Waals surface area (Å²) in [5.74, 6) is 0.183. The molecule has 0 unspecified atom stereocenters. The van der Waals surface area contributed by atoms with Gasteiger partial charge in [-0.15, -0.1) is 11.8 Å². The van der Waals surface area contributed by atoms with Crippen molar-refractivity contribution in [1.82, 2.24) is 4.90 Å². The lowest BCUT2D eigenvalue weighted by Crippen LogP contribution is -2.44. The third-order valence-electron chi connectivity index (χ3n) is 4.59. The van der Waals surface area contributed by atoms with Crippen LogP contribution in [0, 0.1) is 0 Å². The monoisotopic (exact) mass is 339 g/mol. The summed E-state index contributed by atoms with van der Waals surface area (Å²) < 4.78 is 0. The Hall–Kier alpha value is -1.74. The van der Waals surface area contributed by atoms with Gasteiger partial charge in [-0.1, -0.05) is 49.7 Å². The van der Waals surface area contributed by atoms with Gasteiger partial charge >= 0.3 is 0 Å². The van der Waals surface area contributed by atoms with E-state index in [1.807, 2.05) is 42.1 Å². The van der Waals surface area contributed by atoms with Crippen LogP contribution in [0.3, 0.4) is 0 Å². The topological polar surface area (TPSA) is 20.3 Å². The van der Waals surface area contributed by atoms with E-state index in [0.717, 1.165) is 24.9 Å². The predicted molar refractivity (Wildman–Crippen MR) is 101 cm³/mol. The van der Waals surface area contributed by atoms with Crippen molar-refractivity contribution >= 4 is 17.7 Å². The molecule has 0 bridgehead atoms. The molecule has 3 rings (SSSR count). The molecule has 2 aromatic rings. The molecule has 0 heterocycles. The van der Waals surface area contributed by atoms with Crippen molar-refractivity contribution < 1.29 is 4.79 Å². The van der Waals surface area contributed by atoms with Crippen LogP contribution in [0.4, 0.5) is 0 Å². The zero-order valence-electron chi connectivity index (χ0n) is 14.2. The molecule has 1 amide bonds. The molecule has 1 fully saturated rings. The summed E-state index contributed by atoms with van der Waals surface area (Å²) in [6.45, 7) is 2.99. The lowest BCUT2D eigenvalue weighted by Gasteiger charge is -2.33. The van der Waals surface area contributed by atoms with E-state index in [9.17, 15) is 4.79 Å². The van der Waals surface area contributed by atoms with Gasteiger partial charge in [-0.05, 0) is 43.5 Å². The third kappa shape index (κ3) is 4.02. The van der Waals surface area contributed by atoms with E-state index in [4.69, 9.17) is 0 Å². The summed E-state index contributed by atoms with van der Waals surface area (Å²) in [7, 11) is 0. The molecule has 3 heteroatoms. The maximum absolute atomic E-state index is 13.0. The molecule has 1 aliphatic rings. The van der Waals surface area contributed by atoms with Crippen molar-refractivity contribution in [3.05, 3.63) is 66.2 Å². The first-order chi connectivity index (χ1) is 11.8. The average Bonchev–Trinajstić information content (AvgIpc) is 3.08. The standard InChI is InChI=1S/C21H25NOS/c1-2-16-22(21(23)17-10-5-3-6-11-17)19-14-9-15-20(19)24-18-12-7-4-8-13-18/h3-8,10-13,19-20H,2,9,14-16H2,1H3/t19-,20-/m1/s1. The van der Waals surface area contributed by atoms with Gasteiger partial charge in [0.2, 0.25) is 0 Å². The quantitative estimate of drug-likeness (QED) is 0.716. The van der Waals surface area contributed by atoms with Crippen LogP contribution in [0.2, 0.25) is 0 Å². The van der Waals surface area contributed by atoms with Crippen molar-refractivity contribution in [2.75, 3.05) is 6.54 Å². The second-order valence-electron chi connectivity index (χ2n) is 6.33. The second-order valence-corrected chi connectivity index (χ2v) is 7.64. The molecule has 0 aromatic heterocycles. The summed E-state index contributed by atoms with van der Waals surface area (Å²) >= 11 is 1.93. The Kier molecular flexibility index (Phi) is 5.97. The van der Waals surface area contributed by atoms with E-state index < -0.39 is 0 Å². The highest BCUT2D eigenvalue weighted by Gasteiger charge is 2.35. The van der Waals surface area contributed by atoms with Crippen LogP contribution in [-0.4, -0.2) is 28.6 Å². The zero-order chi connectivity index (χ0) is 16.8. The number of carbonyl (C=O) groups is 1. The predicted octanol–water partition coefficient (Wildman–Crippen LogP) is 5.25. The van der Waals surface area contributed by atoms with E-state index in [1.54, 1.807) is 0 Å². The van der Waals surface area contributed by atoms with Gasteiger partial charge in [0, 0.05) is 28.3 Å². The van der Waals surface area contributed by atoms with Crippen LogP contribution in [0.1, 0.15) is 43.0 Å². The summed E-state index contributed by atoms with van der Waals surface area (Å²) in [5.41, 5.74) is 0.807. The molecular formula is C21H25NOS. The van der Waals surface area contributed by atoms with Gasteiger partial charge in [0.15, 0.2) is 0 Å². The van der Waals surface area contributed by atoms with Crippen LogP contribution in [0.5, 0.6) is 0 Å². The molecule has 24 heavy (non-hydrogen) atoms. The number of hydrogen-bond acceptors (Lipinski definition) is 2. The number of thioether (sulfide) groups is 1. The first kappa shape index (κ1) is 17.1. The normalized spacial score (nSPS) is 20.0. The largest absolute Gasteiger partial charge is 0.335 e. The van der Waals surface area contributed by atoms with E-state index in [1.165, 1.54) is 17.7 Å². The number of amides is 1. The van der Waals surface area contributed by atoms with Gasteiger partial charge in [0.25, 0.3) is 5.91 Å². The molecule has 2 atom stereocenters. The number of rotatable bonds is 6. The molecule has 2 aromatic carbocycles. The fourth-order valence-electron chi connectivity index (χ4n) is 3.48. The molecule has 0 aliphatic heterocycles. The summed E-state index contributed by atoms with van der Waals surface area (Å²) in [6, 6.07) is 20.6. The Morgan fingerprint density at radius 3 is 2.38 bits per heavy atom. The van der Waals surface area contributed by atoms with Gasteiger partial charge in [-0.25, -0.2) is 0 Å². The summed E-state index contributed by atoms with van der Waals surface area (Å²) in [5, 5.41) is 0.492. The highest BCUT2D eigenvalue weighted by molar-refractivity contribution is 8.00. The smallest absolute Gasteiger partial charge is 0.254 e. The highest BCUT2D eigenvalue weighted by atomic mass is 32.2. The number of hydrogen-bond donors (Lipinski definition) is 0. The lowest BCUT2D eigenvalue weighted by molar-refractivity contribution is 0.0685. The molecule has 0 spiro atoms. The minimum absolute atomic E-state index is 0.183. The van der Waals surface area contributed by atoms with E-state index in [-0.39, 0.29) is 5.91 Å². The fourth-order valence-corrected chi connectivity index (χ4v) is 4.87. The maximum Gasteiger partial charge on any atom is 0.254 e. The fraction of sp³-hybridized carbons (Fsp3) is 0.381. The van der Waals surface area contributed by atoms with Crippen LogP contribution >= 0.6 is 11.8 Å². The Balaban J connectivity index is 1.78. The van der Waals surface area contributed by atoms with Crippen LogP contribution in [0.25, 0.3) is 0 Å². The summed E-state index contributed by atoms with van der Waals surface area (Å²) in [4.78, 5) is 16.5. The van der Waals surface area contributed by atoms with E-state index >= 15 is 0 Å². The first-order valence-electron chi connectivity index (χ1n) is 8.87. The lowest BCUT2D eigenvalue weighted by atomic mass is 10.1. The molecule has 1 aliphatic carbocycles. The number of carbonyl (C=O) groups excluding carboxylic acids is 1. The Labute approximate surface area is 149 Å². The zero-order valence-corrected chi connectivity index (χ0v) is 15.0. The van der Waals surface area contributed by atoms with E-state index in [2.05, 4.69) is 42.2 Å². The number of nitrogens with zero attached hydrogens (tertiary/aromatic N) is 1. The van der Waals surface area contributed by atoms with E-state index in [0.29, 0.717) is 11.3 Å². The SMILES string of the molecule is CCCN(C(=O)c1ccccc1)[C@@H]1CCC[C@H]1Sc1ccccc1. The first-order valence-corrected chi connectivity index (χ1v) is 9.75. The van der Waals surface area contributed by atoms with Gasteiger partial charge in [-0.2, -0.15) is 0 Å². The van der Waals surface area contributed by atoms with Gasteiger partial charge in [0.05, 0.1) is 0 Å². The van der Waals surface area contributed by atoms with Gasteiger partial charge in [-0.3, -0.25) is 4.79 Å². The molecule has 0 saturated heterocycles. The molecular weight excluding hydrogens is 314 g/mol. The number of benzene rings is 2. The average molecular weight is 340 g/mol. The van der Waals surface area contributed by atoms with Crippen LogP contribution < -0.4 is 0 Å². The van der Waals surface area contributed by atoms with Gasteiger partial charge < -0.3 is 4.90 Å². The Morgan fingerprint density at radius 1 is 1.04 bits per heavy atom. The van der Waals surface area contributed by atoms with Crippen molar-refractivity contribution in [3.63, 3.8) is 0 Å². The minimum Gasteiger partial charge on any atom is -0.335 e. The molecule has 126 valence electrons. The van der Waals surface area contributed by atoms with Crippen molar-refractivity contribution in [2.45, 2.75) is 48.8 Å². The second kappa shape index (κ2) is 8.39. The minimum atomic E-state index is 0.183. The molecule has 0 radical (unpaired) electrons. The highest BCUT2D eigenvalue weighted by Crippen LogP contribution is 2.38. The van der Waals surface area contributed by atoms with Crippen LogP contribution in [-0.2, 0) is 0 Å². The summed E-state index contributed by atoms with van der Waals surface area (Å²) in [6.07, 6.45) is 4.50. The molecule has 1 saturated carbocycles. The van der Waals surface area contributed by atoms with Crippen molar-refractivity contribution in [1.29, 1.82) is 0 Å². The van der Waals surface area contributed by atoms with Crippen molar-refractivity contribution in [2.24, 2.45) is 0 Å². The molecule has 2 nitrogen and oxygen atoms in total. The maximum atomic E-state index is 13.0. The Morgan fingerprint density at radius 2 is 1.71 bits per heavy atom. The Bertz CT molecular complexity index is 643. The van der Waals surface area contributed by atoms with Crippen LogP contribution in [0.15, 0.2) is 65.6 Å². The van der Waals surface area contributed by atoms with Gasteiger partial charge in [0.1, 0.15) is 0 Å².